The van der Waals surface area contributed by atoms with Crippen LogP contribution in [0.1, 0.15) is 40.5 Å². The molecular weight excluding hydrogens is 276 g/mol. The largest absolute Gasteiger partial charge is 0.395 e. The summed E-state index contributed by atoms with van der Waals surface area (Å²) in [4.78, 5) is 2.19. The van der Waals surface area contributed by atoms with Gasteiger partial charge in [-0.3, -0.25) is 4.90 Å². The lowest BCUT2D eigenvalue weighted by molar-refractivity contribution is 0.0878. The Morgan fingerprint density at radius 1 is 1.10 bits per heavy atom. The van der Waals surface area contributed by atoms with Crippen LogP contribution in [0.3, 0.4) is 0 Å². The van der Waals surface area contributed by atoms with Crippen LogP contribution < -0.4 is 0 Å². The smallest absolute Gasteiger partial charge is 0.216 e. The van der Waals surface area contributed by atoms with Crippen LogP contribution in [0.2, 0.25) is 0 Å². The molecule has 0 unspecified atom stereocenters. The van der Waals surface area contributed by atoms with Crippen LogP contribution in [0, 0.1) is 5.92 Å². The molecule has 1 aliphatic rings. The lowest BCUT2D eigenvalue weighted by Gasteiger charge is -2.38. The Morgan fingerprint density at radius 3 is 2.05 bits per heavy atom. The molecule has 1 fully saturated rings. The van der Waals surface area contributed by atoms with Crippen molar-refractivity contribution in [2.24, 2.45) is 5.92 Å². The first-order chi connectivity index (χ1) is 9.32. The van der Waals surface area contributed by atoms with Crippen molar-refractivity contribution in [3.8, 4) is 0 Å². The van der Waals surface area contributed by atoms with E-state index in [0.717, 1.165) is 6.42 Å². The molecule has 0 radical (unpaired) electrons. The van der Waals surface area contributed by atoms with Gasteiger partial charge in [-0.2, -0.15) is 4.31 Å². The summed E-state index contributed by atoms with van der Waals surface area (Å²) >= 11 is 0. The average Bonchev–Trinajstić information content (AvgIpc) is 2.40. The monoisotopic (exact) mass is 306 g/mol. The Labute approximate surface area is 124 Å². The van der Waals surface area contributed by atoms with E-state index in [2.05, 4.69) is 25.7 Å². The average molecular weight is 306 g/mol. The highest BCUT2D eigenvalue weighted by Crippen LogP contribution is 2.19. The molecule has 2 atom stereocenters. The fraction of sp³-hybridized carbons (Fsp3) is 1.00. The van der Waals surface area contributed by atoms with Gasteiger partial charge in [-0.25, -0.2) is 8.42 Å². The molecule has 0 saturated carbocycles. The van der Waals surface area contributed by atoms with E-state index < -0.39 is 10.0 Å². The molecule has 1 N–H and O–H groups in total. The first-order valence-electron chi connectivity index (χ1n) is 7.66. The van der Waals surface area contributed by atoms with Gasteiger partial charge in [0.25, 0.3) is 0 Å². The van der Waals surface area contributed by atoms with Crippen LogP contribution >= 0.6 is 0 Å². The quantitative estimate of drug-likeness (QED) is 0.766. The van der Waals surface area contributed by atoms with E-state index in [1.54, 1.807) is 4.31 Å². The second-order valence-electron chi connectivity index (χ2n) is 6.16. The number of piperazine rings is 1. The van der Waals surface area contributed by atoms with E-state index in [4.69, 9.17) is 0 Å². The molecule has 0 aromatic carbocycles. The standard InChI is InChI=1S/C14H30N2O3S/c1-5-14(11-17)15-6-8-16(9-7-15)20(18,19)13(4)10-12(2)3/h12-14,17H,5-11H2,1-4H3/t13-,14+/m1/s1. The maximum atomic E-state index is 12.5. The van der Waals surface area contributed by atoms with Crippen molar-refractivity contribution in [2.75, 3.05) is 32.8 Å². The van der Waals surface area contributed by atoms with Crippen molar-refractivity contribution in [3.05, 3.63) is 0 Å². The van der Waals surface area contributed by atoms with Crippen molar-refractivity contribution in [3.63, 3.8) is 0 Å². The summed E-state index contributed by atoms with van der Waals surface area (Å²) in [6.07, 6.45) is 1.60. The molecule has 0 spiro atoms. The topological polar surface area (TPSA) is 60.9 Å². The third kappa shape index (κ3) is 4.41. The molecule has 0 aromatic rings. The van der Waals surface area contributed by atoms with Crippen LogP contribution in [0.5, 0.6) is 0 Å². The molecule has 0 bridgehead atoms. The van der Waals surface area contributed by atoms with Gasteiger partial charge in [0.2, 0.25) is 10.0 Å². The van der Waals surface area contributed by atoms with Crippen molar-refractivity contribution in [1.82, 2.24) is 9.21 Å². The van der Waals surface area contributed by atoms with Crippen molar-refractivity contribution < 1.29 is 13.5 Å². The minimum Gasteiger partial charge on any atom is -0.395 e. The van der Waals surface area contributed by atoms with E-state index >= 15 is 0 Å². The van der Waals surface area contributed by atoms with E-state index in [-0.39, 0.29) is 17.9 Å². The van der Waals surface area contributed by atoms with Gasteiger partial charge in [0.1, 0.15) is 0 Å². The van der Waals surface area contributed by atoms with Gasteiger partial charge >= 0.3 is 0 Å². The zero-order valence-electron chi connectivity index (χ0n) is 13.2. The van der Waals surface area contributed by atoms with Gasteiger partial charge in [0.05, 0.1) is 11.9 Å². The molecule has 1 heterocycles. The summed E-state index contributed by atoms with van der Waals surface area (Å²) in [5.74, 6) is 0.389. The lowest BCUT2D eigenvalue weighted by atomic mass is 10.1. The highest BCUT2D eigenvalue weighted by atomic mass is 32.2. The Bertz CT molecular complexity index is 372. The molecule has 1 rings (SSSR count). The summed E-state index contributed by atoms with van der Waals surface area (Å²) in [5, 5.41) is 9.01. The third-order valence-corrected chi connectivity index (χ3v) is 6.44. The molecule has 5 nitrogen and oxygen atoms in total. The summed E-state index contributed by atoms with van der Waals surface area (Å²) in [6, 6.07) is 0.160. The molecule has 1 saturated heterocycles. The predicted octanol–water partition coefficient (Wildman–Crippen LogP) is 1.14. The highest BCUT2D eigenvalue weighted by Gasteiger charge is 2.33. The Morgan fingerprint density at radius 2 is 1.65 bits per heavy atom. The molecule has 6 heteroatoms. The van der Waals surface area contributed by atoms with Gasteiger partial charge in [0.15, 0.2) is 0 Å². The molecular formula is C14H30N2O3S. The molecule has 20 heavy (non-hydrogen) atoms. The van der Waals surface area contributed by atoms with Crippen LogP contribution in [0.4, 0.5) is 0 Å². The van der Waals surface area contributed by atoms with Crippen molar-refractivity contribution in [2.45, 2.75) is 51.8 Å². The number of sulfonamides is 1. The number of aliphatic hydroxyl groups is 1. The number of hydrogen-bond acceptors (Lipinski definition) is 4. The maximum Gasteiger partial charge on any atom is 0.216 e. The highest BCUT2D eigenvalue weighted by molar-refractivity contribution is 7.89. The molecule has 1 aliphatic heterocycles. The minimum absolute atomic E-state index is 0.146. The van der Waals surface area contributed by atoms with Gasteiger partial charge < -0.3 is 5.11 Å². The first-order valence-corrected chi connectivity index (χ1v) is 9.17. The number of rotatable bonds is 7. The fourth-order valence-electron chi connectivity index (χ4n) is 2.87. The summed E-state index contributed by atoms with van der Waals surface area (Å²) in [6.45, 7) is 10.6. The first kappa shape index (κ1) is 17.9. The molecule has 0 amide bonds. The number of hydrogen-bond donors (Lipinski definition) is 1. The van der Waals surface area contributed by atoms with Crippen LogP contribution in [0.15, 0.2) is 0 Å². The normalized spacial score (nSPS) is 22.1. The van der Waals surface area contributed by atoms with Crippen molar-refractivity contribution in [1.29, 1.82) is 0 Å². The van der Waals surface area contributed by atoms with E-state index in [9.17, 15) is 13.5 Å². The zero-order valence-corrected chi connectivity index (χ0v) is 14.1. The van der Waals surface area contributed by atoms with E-state index in [1.165, 1.54) is 0 Å². The SMILES string of the molecule is CC[C@@H](CO)N1CCN(S(=O)(=O)[C@H](C)CC(C)C)CC1. The zero-order chi connectivity index (χ0) is 15.3. The molecule has 120 valence electrons. The Balaban J connectivity index is 2.60. The third-order valence-electron chi connectivity index (χ3n) is 4.14. The predicted molar refractivity (Wildman–Crippen MR) is 82.1 cm³/mol. The Kier molecular flexibility index (Phi) is 6.91. The van der Waals surface area contributed by atoms with Gasteiger partial charge in [-0.05, 0) is 25.7 Å². The lowest BCUT2D eigenvalue weighted by Crippen LogP contribution is -2.54. The summed E-state index contributed by atoms with van der Waals surface area (Å²) in [7, 11) is -3.18. The Hall–Kier alpha value is -0.170. The minimum atomic E-state index is -3.18. The number of aliphatic hydroxyl groups excluding tert-OH is 1. The number of nitrogens with zero attached hydrogens (tertiary/aromatic N) is 2. The van der Waals surface area contributed by atoms with Crippen molar-refractivity contribution >= 4 is 10.0 Å². The van der Waals surface area contributed by atoms with E-state index in [1.807, 2.05) is 6.92 Å². The van der Waals surface area contributed by atoms with E-state index in [0.29, 0.717) is 38.5 Å². The van der Waals surface area contributed by atoms with Gasteiger partial charge in [-0.15, -0.1) is 0 Å². The van der Waals surface area contributed by atoms with Gasteiger partial charge in [0, 0.05) is 32.2 Å². The van der Waals surface area contributed by atoms with Crippen LogP contribution in [0.25, 0.3) is 0 Å². The second kappa shape index (κ2) is 7.73. The molecule has 0 aromatic heterocycles. The van der Waals surface area contributed by atoms with Crippen LogP contribution in [-0.2, 0) is 10.0 Å². The maximum absolute atomic E-state index is 12.5. The van der Waals surface area contributed by atoms with Gasteiger partial charge in [-0.1, -0.05) is 20.8 Å². The summed E-state index contributed by atoms with van der Waals surface area (Å²) in [5.41, 5.74) is 0. The van der Waals surface area contributed by atoms with Crippen LogP contribution in [-0.4, -0.2) is 66.8 Å². The molecule has 0 aliphatic carbocycles. The summed E-state index contributed by atoms with van der Waals surface area (Å²) < 4.78 is 26.6. The second-order valence-corrected chi connectivity index (χ2v) is 8.52. The fourth-order valence-corrected chi connectivity index (χ4v) is 4.68.